The molecule has 0 bridgehead atoms. The smallest absolute Gasteiger partial charge is 0.322 e. The number of ether oxygens (including phenoxy) is 2. The molecule has 0 aromatic heterocycles. The Hall–Kier alpha value is -4.00. The standard InChI is InChI=1S/C26H27N3O4/c1-32-23-14-13-22(16-24(23)33-2)28-18-20(15-25(28)30)27-26(31)29(21-11-7-4-8-12-21)17-19-9-5-3-6-10-19/h3-14,16,20H,15,17-18H2,1-2H3,(H,27,31)/t20-/m0/s1. The van der Waals surface area contributed by atoms with E-state index in [1.807, 2.05) is 66.7 Å². The molecular formula is C26H27N3O4. The molecule has 0 unspecified atom stereocenters. The molecule has 3 aromatic rings. The third kappa shape index (κ3) is 5.09. The highest BCUT2D eigenvalue weighted by Crippen LogP contribution is 2.33. The third-order valence-electron chi connectivity index (χ3n) is 5.63. The maximum absolute atomic E-state index is 13.3. The first-order chi connectivity index (χ1) is 16.1. The van der Waals surface area contributed by atoms with Crippen LogP contribution in [0.15, 0.2) is 78.9 Å². The summed E-state index contributed by atoms with van der Waals surface area (Å²) < 4.78 is 10.6. The zero-order chi connectivity index (χ0) is 23.2. The second kappa shape index (κ2) is 10.1. The normalized spacial score (nSPS) is 15.3. The molecule has 4 rings (SSSR count). The summed E-state index contributed by atoms with van der Waals surface area (Å²) in [5.74, 6) is 1.09. The van der Waals surface area contributed by atoms with Crippen molar-refractivity contribution in [3.05, 3.63) is 84.4 Å². The topological polar surface area (TPSA) is 71.1 Å². The first-order valence-corrected chi connectivity index (χ1v) is 10.8. The number of benzene rings is 3. The predicted molar refractivity (Wildman–Crippen MR) is 128 cm³/mol. The van der Waals surface area contributed by atoms with Crippen LogP contribution in [0.25, 0.3) is 0 Å². The number of methoxy groups -OCH3 is 2. The van der Waals surface area contributed by atoms with E-state index in [0.29, 0.717) is 30.3 Å². The fourth-order valence-corrected chi connectivity index (χ4v) is 3.95. The van der Waals surface area contributed by atoms with Crippen LogP contribution in [0.3, 0.4) is 0 Å². The van der Waals surface area contributed by atoms with Gasteiger partial charge in [-0.2, -0.15) is 0 Å². The van der Waals surface area contributed by atoms with E-state index in [4.69, 9.17) is 9.47 Å². The Morgan fingerprint density at radius 2 is 1.64 bits per heavy atom. The maximum atomic E-state index is 13.3. The minimum Gasteiger partial charge on any atom is -0.493 e. The number of amides is 3. The van der Waals surface area contributed by atoms with Crippen molar-refractivity contribution in [2.75, 3.05) is 30.6 Å². The van der Waals surface area contributed by atoms with E-state index in [9.17, 15) is 9.59 Å². The van der Waals surface area contributed by atoms with Crippen LogP contribution in [0.4, 0.5) is 16.2 Å². The van der Waals surface area contributed by atoms with Crippen molar-refractivity contribution < 1.29 is 19.1 Å². The lowest BCUT2D eigenvalue weighted by molar-refractivity contribution is -0.117. The number of carbonyl (C=O) groups is 2. The van der Waals surface area contributed by atoms with Crippen molar-refractivity contribution in [1.29, 1.82) is 0 Å². The Balaban J connectivity index is 1.49. The monoisotopic (exact) mass is 445 g/mol. The van der Waals surface area contributed by atoms with Gasteiger partial charge in [-0.25, -0.2) is 4.79 Å². The molecular weight excluding hydrogens is 418 g/mol. The highest BCUT2D eigenvalue weighted by Gasteiger charge is 2.33. The van der Waals surface area contributed by atoms with E-state index in [-0.39, 0.29) is 24.4 Å². The summed E-state index contributed by atoms with van der Waals surface area (Å²) in [6.45, 7) is 0.810. The van der Waals surface area contributed by atoms with Gasteiger partial charge in [-0.15, -0.1) is 0 Å². The Bertz CT molecular complexity index is 1110. The van der Waals surface area contributed by atoms with Gasteiger partial charge in [-0.3, -0.25) is 9.69 Å². The summed E-state index contributed by atoms with van der Waals surface area (Å²) in [5, 5.41) is 3.05. The molecule has 3 amide bonds. The van der Waals surface area contributed by atoms with Crippen molar-refractivity contribution in [1.82, 2.24) is 5.32 Å². The summed E-state index contributed by atoms with van der Waals surface area (Å²) in [6.07, 6.45) is 0.230. The van der Waals surface area contributed by atoms with Gasteiger partial charge in [0, 0.05) is 30.4 Å². The number of hydrogen-bond acceptors (Lipinski definition) is 4. The summed E-state index contributed by atoms with van der Waals surface area (Å²) in [4.78, 5) is 29.4. The number of urea groups is 1. The lowest BCUT2D eigenvalue weighted by Gasteiger charge is -2.25. The van der Waals surface area contributed by atoms with Crippen LogP contribution >= 0.6 is 0 Å². The van der Waals surface area contributed by atoms with Crippen molar-refractivity contribution in [2.45, 2.75) is 19.0 Å². The van der Waals surface area contributed by atoms with Crippen LogP contribution in [-0.4, -0.2) is 38.7 Å². The molecule has 33 heavy (non-hydrogen) atoms. The largest absolute Gasteiger partial charge is 0.493 e. The van der Waals surface area contributed by atoms with Gasteiger partial charge >= 0.3 is 6.03 Å². The van der Waals surface area contributed by atoms with Gasteiger partial charge in [0.25, 0.3) is 0 Å². The van der Waals surface area contributed by atoms with Crippen molar-refractivity contribution in [3.63, 3.8) is 0 Å². The third-order valence-corrected chi connectivity index (χ3v) is 5.63. The molecule has 170 valence electrons. The van der Waals surface area contributed by atoms with Crippen LogP contribution in [0, 0.1) is 0 Å². The molecule has 7 nitrogen and oxygen atoms in total. The number of carbonyl (C=O) groups excluding carboxylic acids is 2. The average molecular weight is 446 g/mol. The minimum absolute atomic E-state index is 0.0539. The molecule has 1 heterocycles. The molecule has 0 spiro atoms. The summed E-state index contributed by atoms with van der Waals surface area (Å²) in [7, 11) is 3.12. The molecule has 1 fully saturated rings. The Labute approximate surface area is 193 Å². The number of hydrogen-bond donors (Lipinski definition) is 1. The molecule has 1 aliphatic heterocycles. The first kappa shape index (κ1) is 22.2. The second-order valence-corrected chi connectivity index (χ2v) is 7.80. The predicted octanol–water partition coefficient (Wildman–Crippen LogP) is 4.23. The van der Waals surface area contributed by atoms with Crippen molar-refractivity contribution in [3.8, 4) is 11.5 Å². The van der Waals surface area contributed by atoms with E-state index >= 15 is 0 Å². The van der Waals surface area contributed by atoms with Crippen LogP contribution < -0.4 is 24.6 Å². The molecule has 0 saturated carbocycles. The maximum Gasteiger partial charge on any atom is 0.322 e. The molecule has 1 aliphatic rings. The van der Waals surface area contributed by atoms with Gasteiger partial charge in [0.2, 0.25) is 5.91 Å². The van der Waals surface area contributed by atoms with Gasteiger partial charge in [-0.1, -0.05) is 48.5 Å². The average Bonchev–Trinajstić information content (AvgIpc) is 3.22. The quantitative estimate of drug-likeness (QED) is 0.591. The zero-order valence-electron chi connectivity index (χ0n) is 18.7. The van der Waals surface area contributed by atoms with Crippen molar-refractivity contribution >= 4 is 23.3 Å². The van der Waals surface area contributed by atoms with Crippen molar-refractivity contribution in [2.24, 2.45) is 0 Å². The SMILES string of the molecule is COc1ccc(N2C[C@@H](NC(=O)N(Cc3ccccc3)c3ccccc3)CC2=O)cc1OC. The minimum atomic E-state index is -0.305. The van der Waals surface area contributed by atoms with Gasteiger partial charge in [0.1, 0.15) is 0 Å². The number of nitrogens with zero attached hydrogens (tertiary/aromatic N) is 2. The first-order valence-electron chi connectivity index (χ1n) is 10.8. The molecule has 1 N–H and O–H groups in total. The van der Waals surface area contributed by atoms with Gasteiger partial charge in [0.05, 0.1) is 26.8 Å². The summed E-state index contributed by atoms with van der Waals surface area (Å²) >= 11 is 0. The van der Waals surface area contributed by atoms with E-state index in [2.05, 4.69) is 5.32 Å². The molecule has 0 radical (unpaired) electrons. The van der Waals surface area contributed by atoms with Gasteiger partial charge in [0.15, 0.2) is 11.5 Å². The van der Waals surface area contributed by atoms with Crippen LogP contribution in [0.2, 0.25) is 0 Å². The summed E-state index contributed by atoms with van der Waals surface area (Å²) in [5.41, 5.74) is 2.52. The molecule has 1 atom stereocenters. The highest BCUT2D eigenvalue weighted by atomic mass is 16.5. The fraction of sp³-hybridized carbons (Fsp3) is 0.231. The zero-order valence-corrected chi connectivity index (χ0v) is 18.7. The van der Waals surface area contributed by atoms with E-state index in [0.717, 1.165) is 11.3 Å². The second-order valence-electron chi connectivity index (χ2n) is 7.80. The number of rotatable bonds is 7. The van der Waals surface area contributed by atoms with Crippen LogP contribution in [-0.2, 0) is 11.3 Å². The molecule has 1 saturated heterocycles. The number of nitrogens with one attached hydrogen (secondary N) is 1. The molecule has 3 aromatic carbocycles. The Morgan fingerprint density at radius 1 is 0.970 bits per heavy atom. The van der Waals surface area contributed by atoms with E-state index in [1.165, 1.54) is 0 Å². The molecule has 0 aliphatic carbocycles. The Kier molecular flexibility index (Phi) is 6.78. The summed E-state index contributed by atoms with van der Waals surface area (Å²) in [6, 6.07) is 24.2. The fourth-order valence-electron chi connectivity index (χ4n) is 3.95. The van der Waals surface area contributed by atoms with Gasteiger partial charge < -0.3 is 19.7 Å². The van der Waals surface area contributed by atoms with Crippen LogP contribution in [0.5, 0.6) is 11.5 Å². The number of para-hydroxylation sites is 1. The van der Waals surface area contributed by atoms with E-state index in [1.54, 1.807) is 36.2 Å². The number of anilines is 2. The van der Waals surface area contributed by atoms with E-state index < -0.39 is 0 Å². The Morgan fingerprint density at radius 3 is 2.30 bits per heavy atom. The highest BCUT2D eigenvalue weighted by molar-refractivity contribution is 5.98. The van der Waals surface area contributed by atoms with Crippen LogP contribution in [0.1, 0.15) is 12.0 Å². The molecule has 7 heteroatoms. The van der Waals surface area contributed by atoms with Gasteiger partial charge in [-0.05, 0) is 29.8 Å². The lowest BCUT2D eigenvalue weighted by Crippen LogP contribution is -2.45. The lowest BCUT2D eigenvalue weighted by atomic mass is 10.2.